The maximum absolute atomic E-state index is 11.3. The summed E-state index contributed by atoms with van der Waals surface area (Å²) in [5.41, 5.74) is 0. The molecule has 0 fully saturated rings. The zero-order chi connectivity index (χ0) is 13.3. The first kappa shape index (κ1) is 15.4. The van der Waals surface area contributed by atoms with Crippen molar-refractivity contribution in [1.82, 2.24) is 10.6 Å². The van der Waals surface area contributed by atoms with Gasteiger partial charge in [-0.3, -0.25) is 9.59 Å². The highest BCUT2D eigenvalue weighted by Gasteiger charge is 2.23. The Morgan fingerprint density at radius 3 is 2.47 bits per heavy atom. The van der Waals surface area contributed by atoms with E-state index in [0.717, 1.165) is 13.5 Å². The molecule has 0 saturated heterocycles. The Labute approximate surface area is 99.5 Å². The number of carbonyl (C=O) groups is 3. The Hall–Kier alpha value is -1.63. The minimum atomic E-state index is -1.26. The molecule has 0 heterocycles. The average molecular weight is 246 g/mol. The first-order valence-electron chi connectivity index (χ1n) is 5.31. The molecule has 17 heavy (non-hydrogen) atoms. The molecule has 3 N–H and O–H groups in total. The van der Waals surface area contributed by atoms with E-state index in [-0.39, 0.29) is 13.0 Å². The SMILES string of the molecule is CCCNCC(=O)N[C@@H](CC(=O)OC)C(=O)O. The van der Waals surface area contributed by atoms with Crippen LogP contribution in [0.2, 0.25) is 0 Å². The molecule has 0 radical (unpaired) electrons. The predicted molar refractivity (Wildman–Crippen MR) is 59.4 cm³/mol. The van der Waals surface area contributed by atoms with Crippen LogP contribution in [0.25, 0.3) is 0 Å². The van der Waals surface area contributed by atoms with Gasteiger partial charge < -0.3 is 20.5 Å². The lowest BCUT2D eigenvalue weighted by atomic mass is 10.2. The van der Waals surface area contributed by atoms with Gasteiger partial charge in [0.2, 0.25) is 5.91 Å². The number of amides is 1. The van der Waals surface area contributed by atoms with Gasteiger partial charge in [0, 0.05) is 0 Å². The summed E-state index contributed by atoms with van der Waals surface area (Å²) in [6.45, 7) is 2.64. The zero-order valence-corrected chi connectivity index (χ0v) is 9.99. The molecule has 7 nitrogen and oxygen atoms in total. The molecule has 0 unspecified atom stereocenters. The number of ether oxygens (including phenoxy) is 1. The van der Waals surface area contributed by atoms with Gasteiger partial charge in [-0.25, -0.2) is 4.79 Å². The number of carboxylic acid groups (broad SMARTS) is 1. The molecular formula is C10H18N2O5. The molecule has 1 amide bonds. The van der Waals surface area contributed by atoms with Crippen LogP contribution in [0.4, 0.5) is 0 Å². The highest BCUT2D eigenvalue weighted by Crippen LogP contribution is 1.94. The number of hydrogen-bond acceptors (Lipinski definition) is 5. The standard InChI is InChI=1S/C10H18N2O5/c1-3-4-11-6-8(13)12-7(10(15)16)5-9(14)17-2/h7,11H,3-6H2,1-2H3,(H,12,13)(H,15,16)/t7-/m0/s1. The van der Waals surface area contributed by atoms with E-state index in [4.69, 9.17) is 5.11 Å². The summed E-state index contributed by atoms with van der Waals surface area (Å²) in [6, 6.07) is -1.25. The lowest BCUT2D eigenvalue weighted by Gasteiger charge is -2.13. The van der Waals surface area contributed by atoms with Crippen molar-refractivity contribution in [1.29, 1.82) is 0 Å². The van der Waals surface area contributed by atoms with Crippen LogP contribution in [-0.4, -0.2) is 49.2 Å². The van der Waals surface area contributed by atoms with E-state index in [1.807, 2.05) is 6.92 Å². The highest BCUT2D eigenvalue weighted by atomic mass is 16.5. The second kappa shape index (κ2) is 8.51. The molecule has 0 bridgehead atoms. The lowest BCUT2D eigenvalue weighted by molar-refractivity contribution is -0.148. The molecule has 0 spiro atoms. The van der Waals surface area contributed by atoms with E-state index in [1.54, 1.807) is 0 Å². The van der Waals surface area contributed by atoms with Crippen LogP contribution >= 0.6 is 0 Å². The predicted octanol–water partition coefficient (Wildman–Crippen LogP) is -0.881. The molecular weight excluding hydrogens is 228 g/mol. The third kappa shape index (κ3) is 7.29. The molecule has 1 atom stereocenters. The van der Waals surface area contributed by atoms with Crippen molar-refractivity contribution in [2.24, 2.45) is 0 Å². The highest BCUT2D eigenvalue weighted by molar-refractivity contribution is 5.87. The van der Waals surface area contributed by atoms with Gasteiger partial charge in [-0.2, -0.15) is 0 Å². The monoisotopic (exact) mass is 246 g/mol. The number of nitrogens with one attached hydrogen (secondary N) is 2. The van der Waals surface area contributed by atoms with Crippen molar-refractivity contribution in [2.75, 3.05) is 20.2 Å². The summed E-state index contributed by atoms with van der Waals surface area (Å²) in [6.07, 6.45) is 0.489. The number of aliphatic carboxylic acids is 1. The number of carboxylic acids is 1. The lowest BCUT2D eigenvalue weighted by Crippen LogP contribution is -2.45. The third-order valence-electron chi connectivity index (χ3n) is 1.94. The number of carbonyl (C=O) groups excluding carboxylic acids is 2. The van der Waals surface area contributed by atoms with Gasteiger partial charge in [0.1, 0.15) is 6.04 Å². The second-order valence-corrected chi connectivity index (χ2v) is 3.42. The fourth-order valence-corrected chi connectivity index (χ4v) is 1.07. The van der Waals surface area contributed by atoms with Crippen LogP contribution in [-0.2, 0) is 19.1 Å². The van der Waals surface area contributed by atoms with E-state index in [1.165, 1.54) is 0 Å². The number of esters is 1. The van der Waals surface area contributed by atoms with E-state index >= 15 is 0 Å². The molecule has 0 aliphatic rings. The molecule has 0 aromatic carbocycles. The van der Waals surface area contributed by atoms with Crippen LogP contribution in [0.15, 0.2) is 0 Å². The molecule has 98 valence electrons. The van der Waals surface area contributed by atoms with Crippen molar-refractivity contribution in [3.63, 3.8) is 0 Å². The van der Waals surface area contributed by atoms with Gasteiger partial charge in [0.05, 0.1) is 20.1 Å². The summed E-state index contributed by atoms with van der Waals surface area (Å²) < 4.78 is 4.34. The van der Waals surface area contributed by atoms with E-state index in [9.17, 15) is 14.4 Å². The van der Waals surface area contributed by atoms with Crippen LogP contribution < -0.4 is 10.6 Å². The Balaban J connectivity index is 4.11. The summed E-state index contributed by atoms with van der Waals surface area (Å²) in [5, 5.41) is 13.9. The topological polar surface area (TPSA) is 105 Å². The average Bonchev–Trinajstić information content (AvgIpc) is 2.28. The number of hydrogen-bond donors (Lipinski definition) is 3. The Bertz CT molecular complexity index is 280. The van der Waals surface area contributed by atoms with E-state index < -0.39 is 23.9 Å². The van der Waals surface area contributed by atoms with Gasteiger partial charge in [-0.05, 0) is 13.0 Å². The minimum Gasteiger partial charge on any atom is -0.480 e. The molecule has 0 aromatic rings. The first-order chi connectivity index (χ1) is 8.01. The number of rotatable bonds is 8. The van der Waals surface area contributed by atoms with Crippen LogP contribution in [0.1, 0.15) is 19.8 Å². The fraction of sp³-hybridized carbons (Fsp3) is 0.700. The van der Waals surface area contributed by atoms with Gasteiger partial charge >= 0.3 is 11.9 Å². The largest absolute Gasteiger partial charge is 0.480 e. The molecule has 0 aliphatic heterocycles. The number of methoxy groups -OCH3 is 1. The Morgan fingerprint density at radius 2 is 2.00 bits per heavy atom. The van der Waals surface area contributed by atoms with Crippen molar-refractivity contribution < 1.29 is 24.2 Å². The quantitative estimate of drug-likeness (QED) is 0.379. The zero-order valence-electron chi connectivity index (χ0n) is 9.99. The van der Waals surface area contributed by atoms with Crippen LogP contribution in [0.3, 0.4) is 0 Å². The van der Waals surface area contributed by atoms with Crippen molar-refractivity contribution in [2.45, 2.75) is 25.8 Å². The summed E-state index contributed by atoms with van der Waals surface area (Å²) in [5.74, 6) is -2.41. The van der Waals surface area contributed by atoms with Gasteiger partial charge in [-0.15, -0.1) is 0 Å². The molecule has 0 saturated carbocycles. The first-order valence-corrected chi connectivity index (χ1v) is 5.31. The maximum Gasteiger partial charge on any atom is 0.326 e. The second-order valence-electron chi connectivity index (χ2n) is 3.42. The van der Waals surface area contributed by atoms with Crippen LogP contribution in [0, 0.1) is 0 Å². The normalized spacial score (nSPS) is 11.6. The van der Waals surface area contributed by atoms with Gasteiger partial charge in [0.15, 0.2) is 0 Å². The Morgan fingerprint density at radius 1 is 1.35 bits per heavy atom. The van der Waals surface area contributed by atoms with E-state index in [2.05, 4.69) is 15.4 Å². The molecule has 0 rings (SSSR count). The van der Waals surface area contributed by atoms with Crippen molar-refractivity contribution in [3.05, 3.63) is 0 Å². The third-order valence-corrected chi connectivity index (χ3v) is 1.94. The van der Waals surface area contributed by atoms with Crippen molar-refractivity contribution >= 4 is 17.8 Å². The molecule has 0 aromatic heterocycles. The summed E-state index contributed by atoms with van der Waals surface area (Å²) >= 11 is 0. The Kier molecular flexibility index (Phi) is 7.70. The summed E-state index contributed by atoms with van der Waals surface area (Å²) in [4.78, 5) is 33.0. The van der Waals surface area contributed by atoms with Crippen molar-refractivity contribution in [3.8, 4) is 0 Å². The van der Waals surface area contributed by atoms with Gasteiger partial charge in [0.25, 0.3) is 0 Å². The maximum atomic E-state index is 11.3. The van der Waals surface area contributed by atoms with E-state index in [0.29, 0.717) is 6.54 Å². The van der Waals surface area contributed by atoms with Gasteiger partial charge in [-0.1, -0.05) is 6.92 Å². The fourth-order valence-electron chi connectivity index (χ4n) is 1.07. The smallest absolute Gasteiger partial charge is 0.326 e. The molecule has 0 aliphatic carbocycles. The summed E-state index contributed by atoms with van der Waals surface area (Å²) in [7, 11) is 1.16. The van der Waals surface area contributed by atoms with Crippen LogP contribution in [0.5, 0.6) is 0 Å². The minimum absolute atomic E-state index is 0.0266. The molecule has 7 heteroatoms.